The lowest BCUT2D eigenvalue weighted by molar-refractivity contribution is -0.139. The lowest BCUT2D eigenvalue weighted by atomic mass is 9.88. The molecule has 0 aromatic carbocycles. The Balaban J connectivity index is 2.11. The van der Waals surface area contributed by atoms with E-state index in [4.69, 9.17) is 0 Å². The van der Waals surface area contributed by atoms with Crippen molar-refractivity contribution in [3.8, 4) is 0 Å². The zero-order valence-electron chi connectivity index (χ0n) is 10.3. The highest BCUT2D eigenvalue weighted by Crippen LogP contribution is 2.30. The molecule has 2 saturated heterocycles. The Bertz CT molecular complexity index is 332. The first kappa shape index (κ1) is 11.4. The van der Waals surface area contributed by atoms with Crippen molar-refractivity contribution in [2.75, 3.05) is 13.1 Å². The maximum Gasteiger partial charge on any atom is 0.325 e. The van der Waals surface area contributed by atoms with Crippen molar-refractivity contribution in [1.29, 1.82) is 0 Å². The molecule has 0 aromatic rings. The number of imide groups is 1. The van der Waals surface area contributed by atoms with Crippen molar-refractivity contribution in [2.45, 2.75) is 45.3 Å². The summed E-state index contributed by atoms with van der Waals surface area (Å²) in [7, 11) is 0. The fourth-order valence-electron chi connectivity index (χ4n) is 2.34. The van der Waals surface area contributed by atoms with Crippen molar-refractivity contribution in [1.82, 2.24) is 15.1 Å². The first-order chi connectivity index (χ1) is 7.37. The number of nitrogens with zero attached hydrogens (tertiary/aromatic N) is 2. The molecule has 2 fully saturated rings. The second kappa shape index (κ2) is 3.45. The molecular formula is C11H19N3O2. The summed E-state index contributed by atoms with van der Waals surface area (Å²) in [5.41, 5.74) is -0.633. The van der Waals surface area contributed by atoms with Crippen molar-refractivity contribution in [3.05, 3.63) is 0 Å². The topological polar surface area (TPSA) is 52.7 Å². The van der Waals surface area contributed by atoms with Gasteiger partial charge in [-0.1, -0.05) is 0 Å². The van der Waals surface area contributed by atoms with Crippen LogP contribution in [0.15, 0.2) is 0 Å². The van der Waals surface area contributed by atoms with E-state index in [1.807, 2.05) is 13.8 Å². The number of carbonyl (C=O) groups is 2. The monoisotopic (exact) mass is 225 g/mol. The van der Waals surface area contributed by atoms with Gasteiger partial charge in [0.2, 0.25) is 0 Å². The highest BCUT2D eigenvalue weighted by atomic mass is 16.2. The van der Waals surface area contributed by atoms with Crippen LogP contribution in [0.2, 0.25) is 0 Å². The second-order valence-corrected chi connectivity index (χ2v) is 5.28. The third-order valence-electron chi connectivity index (χ3n) is 3.39. The third kappa shape index (κ3) is 1.42. The van der Waals surface area contributed by atoms with Crippen LogP contribution in [-0.4, -0.2) is 52.5 Å². The van der Waals surface area contributed by atoms with Gasteiger partial charge in [-0.25, -0.2) is 4.79 Å². The van der Waals surface area contributed by atoms with Gasteiger partial charge in [0.05, 0.1) is 0 Å². The fraction of sp³-hybridized carbons (Fsp3) is 0.818. The molecule has 16 heavy (non-hydrogen) atoms. The quantitative estimate of drug-likeness (QED) is 0.692. The van der Waals surface area contributed by atoms with Crippen LogP contribution in [0.5, 0.6) is 0 Å². The summed E-state index contributed by atoms with van der Waals surface area (Å²) >= 11 is 0. The molecule has 0 unspecified atom stereocenters. The number of amides is 3. The van der Waals surface area contributed by atoms with E-state index >= 15 is 0 Å². The minimum Gasteiger partial charge on any atom is -0.321 e. The minimum atomic E-state index is -0.633. The molecule has 2 heterocycles. The van der Waals surface area contributed by atoms with E-state index in [2.05, 4.69) is 24.1 Å². The molecule has 2 aliphatic heterocycles. The molecule has 3 amide bonds. The van der Waals surface area contributed by atoms with Gasteiger partial charge in [-0.2, -0.15) is 0 Å². The lowest BCUT2D eigenvalue weighted by Crippen LogP contribution is -2.72. The van der Waals surface area contributed by atoms with Gasteiger partial charge in [0.25, 0.3) is 5.91 Å². The molecule has 0 aromatic heterocycles. The Hall–Kier alpha value is -1.10. The predicted molar refractivity (Wildman–Crippen MR) is 60.0 cm³/mol. The molecule has 2 aliphatic rings. The van der Waals surface area contributed by atoms with Crippen molar-refractivity contribution < 1.29 is 9.59 Å². The van der Waals surface area contributed by atoms with Gasteiger partial charge < -0.3 is 5.32 Å². The standard InChI is InChI=1S/C11H19N3O2/c1-7(2)13-5-11(6-13)9(15)14(8(3)4)10(16)12-11/h7-8H,5-6H2,1-4H3,(H,12,16). The summed E-state index contributed by atoms with van der Waals surface area (Å²) in [6.45, 7) is 9.17. The normalized spacial score (nSPS) is 24.5. The predicted octanol–water partition coefficient (Wildman–Crippen LogP) is 0.409. The van der Waals surface area contributed by atoms with Crippen molar-refractivity contribution in [2.24, 2.45) is 0 Å². The lowest BCUT2D eigenvalue weighted by Gasteiger charge is -2.47. The van der Waals surface area contributed by atoms with E-state index in [0.717, 1.165) is 0 Å². The van der Waals surface area contributed by atoms with Crippen LogP contribution in [0.25, 0.3) is 0 Å². The Morgan fingerprint density at radius 2 is 1.69 bits per heavy atom. The molecule has 0 atom stereocenters. The molecule has 5 nitrogen and oxygen atoms in total. The van der Waals surface area contributed by atoms with Gasteiger partial charge in [-0.3, -0.25) is 14.6 Å². The van der Waals surface area contributed by atoms with Gasteiger partial charge in [-0.15, -0.1) is 0 Å². The van der Waals surface area contributed by atoms with Gasteiger partial charge in [0, 0.05) is 25.2 Å². The summed E-state index contributed by atoms with van der Waals surface area (Å²) in [5.74, 6) is -0.0654. The average Bonchev–Trinajstić information content (AvgIpc) is 2.34. The van der Waals surface area contributed by atoms with E-state index in [1.54, 1.807) is 0 Å². The smallest absolute Gasteiger partial charge is 0.321 e. The van der Waals surface area contributed by atoms with Gasteiger partial charge in [0.1, 0.15) is 5.54 Å². The van der Waals surface area contributed by atoms with E-state index in [0.29, 0.717) is 19.1 Å². The van der Waals surface area contributed by atoms with Crippen molar-refractivity contribution in [3.63, 3.8) is 0 Å². The number of likely N-dealkylation sites (tertiary alicyclic amines) is 1. The van der Waals surface area contributed by atoms with Crippen LogP contribution < -0.4 is 5.32 Å². The SMILES string of the molecule is CC(C)N1CC2(C1)NC(=O)N(C(C)C)C2=O. The Morgan fingerprint density at radius 3 is 2.06 bits per heavy atom. The van der Waals surface area contributed by atoms with Crippen molar-refractivity contribution >= 4 is 11.9 Å². The summed E-state index contributed by atoms with van der Waals surface area (Å²) in [4.78, 5) is 27.3. The highest BCUT2D eigenvalue weighted by Gasteiger charge is 2.58. The highest BCUT2D eigenvalue weighted by molar-refractivity contribution is 6.08. The number of urea groups is 1. The minimum absolute atomic E-state index is 0.0654. The summed E-state index contributed by atoms with van der Waals surface area (Å²) in [6.07, 6.45) is 0. The van der Waals surface area contributed by atoms with Gasteiger partial charge >= 0.3 is 6.03 Å². The van der Waals surface area contributed by atoms with Crippen LogP contribution in [0.1, 0.15) is 27.7 Å². The van der Waals surface area contributed by atoms with E-state index in [-0.39, 0.29) is 18.0 Å². The molecule has 0 bridgehead atoms. The largest absolute Gasteiger partial charge is 0.325 e. The fourth-order valence-corrected chi connectivity index (χ4v) is 2.34. The number of nitrogens with one attached hydrogen (secondary N) is 1. The van der Waals surface area contributed by atoms with E-state index < -0.39 is 5.54 Å². The van der Waals surface area contributed by atoms with Gasteiger partial charge in [0.15, 0.2) is 0 Å². The van der Waals surface area contributed by atoms with E-state index in [1.165, 1.54) is 4.90 Å². The Labute approximate surface area is 95.8 Å². The number of carbonyl (C=O) groups excluding carboxylic acids is 2. The molecular weight excluding hydrogens is 206 g/mol. The maximum absolute atomic E-state index is 12.1. The first-order valence-corrected chi connectivity index (χ1v) is 5.77. The molecule has 0 aliphatic carbocycles. The molecule has 2 rings (SSSR count). The summed E-state index contributed by atoms with van der Waals surface area (Å²) < 4.78 is 0. The number of rotatable bonds is 2. The van der Waals surface area contributed by atoms with Crippen LogP contribution in [0.4, 0.5) is 4.79 Å². The maximum atomic E-state index is 12.1. The zero-order chi connectivity index (χ0) is 12.1. The second-order valence-electron chi connectivity index (χ2n) is 5.28. The van der Waals surface area contributed by atoms with Crippen LogP contribution >= 0.6 is 0 Å². The Kier molecular flexibility index (Phi) is 2.45. The molecule has 0 radical (unpaired) electrons. The Morgan fingerprint density at radius 1 is 1.12 bits per heavy atom. The zero-order valence-corrected chi connectivity index (χ0v) is 10.3. The number of hydrogen-bond acceptors (Lipinski definition) is 3. The van der Waals surface area contributed by atoms with E-state index in [9.17, 15) is 9.59 Å². The molecule has 1 N–H and O–H groups in total. The summed E-state index contributed by atoms with van der Waals surface area (Å²) in [6, 6.07) is 0.104. The number of hydrogen-bond donors (Lipinski definition) is 1. The van der Waals surface area contributed by atoms with Crippen LogP contribution in [0.3, 0.4) is 0 Å². The first-order valence-electron chi connectivity index (χ1n) is 5.77. The summed E-state index contributed by atoms with van der Waals surface area (Å²) in [5, 5.41) is 2.83. The van der Waals surface area contributed by atoms with Crippen LogP contribution in [-0.2, 0) is 4.79 Å². The van der Waals surface area contributed by atoms with Gasteiger partial charge in [-0.05, 0) is 27.7 Å². The van der Waals surface area contributed by atoms with Crippen LogP contribution in [0, 0.1) is 0 Å². The molecule has 0 saturated carbocycles. The molecule has 5 heteroatoms. The average molecular weight is 225 g/mol. The third-order valence-corrected chi connectivity index (χ3v) is 3.39. The molecule has 90 valence electrons. The molecule has 1 spiro atoms.